The average molecular weight is 355 g/mol. The molecule has 0 spiro atoms. The Balaban J connectivity index is 1.72. The Morgan fingerprint density at radius 1 is 1.50 bits per heavy atom. The number of nitriles is 1. The van der Waals surface area contributed by atoms with E-state index in [2.05, 4.69) is 10.4 Å². The zero-order valence-corrected chi connectivity index (χ0v) is 14.8. The van der Waals surface area contributed by atoms with Crippen LogP contribution in [0.3, 0.4) is 0 Å². The molecule has 1 aliphatic rings. The van der Waals surface area contributed by atoms with Crippen LogP contribution >= 0.6 is 0 Å². The molecule has 0 radical (unpaired) electrons. The number of amides is 2. The van der Waals surface area contributed by atoms with Crippen LogP contribution < -0.4 is 5.32 Å². The third kappa shape index (κ3) is 3.53. The largest absolute Gasteiger partial charge is 0.383 e. The van der Waals surface area contributed by atoms with Crippen molar-refractivity contribution in [2.45, 2.75) is 32.0 Å². The number of ether oxygens (including phenoxy) is 1. The van der Waals surface area contributed by atoms with Gasteiger partial charge in [0.05, 0.1) is 24.7 Å². The molecular weight excluding hydrogens is 334 g/mol. The van der Waals surface area contributed by atoms with Gasteiger partial charge in [-0.3, -0.25) is 14.3 Å². The first-order valence-corrected chi connectivity index (χ1v) is 8.48. The van der Waals surface area contributed by atoms with E-state index in [1.165, 1.54) is 4.90 Å². The number of fused-ring (bicyclic) bond motifs is 1. The monoisotopic (exact) mass is 355 g/mol. The predicted octanol–water partition coefficient (Wildman–Crippen LogP) is 0.925. The number of carbonyl (C=O) groups is 2. The molecule has 2 aromatic rings. The Morgan fingerprint density at radius 2 is 2.31 bits per heavy atom. The number of aromatic nitrogens is 2. The topological polar surface area (TPSA) is 100 Å². The Labute approximate surface area is 151 Å². The molecule has 8 nitrogen and oxygen atoms in total. The molecule has 2 unspecified atom stereocenters. The maximum Gasteiger partial charge on any atom is 0.251 e. The van der Waals surface area contributed by atoms with Gasteiger partial charge in [0, 0.05) is 30.3 Å². The van der Waals surface area contributed by atoms with E-state index in [0.29, 0.717) is 25.1 Å². The highest BCUT2D eigenvalue weighted by molar-refractivity contribution is 6.00. The normalized spacial score (nSPS) is 19.7. The molecule has 136 valence electrons. The van der Waals surface area contributed by atoms with Gasteiger partial charge in [0.2, 0.25) is 5.91 Å². The second-order valence-electron chi connectivity index (χ2n) is 6.39. The summed E-state index contributed by atoms with van der Waals surface area (Å²) in [6.45, 7) is 3.11. The van der Waals surface area contributed by atoms with Crippen molar-refractivity contribution in [3.05, 3.63) is 30.0 Å². The number of likely N-dealkylation sites (tertiary alicyclic amines) is 1. The van der Waals surface area contributed by atoms with Crippen LogP contribution in [0.4, 0.5) is 0 Å². The molecule has 0 aliphatic carbocycles. The Bertz CT molecular complexity index is 869. The van der Waals surface area contributed by atoms with E-state index >= 15 is 0 Å². The summed E-state index contributed by atoms with van der Waals surface area (Å²) in [6, 6.07) is 6.58. The van der Waals surface area contributed by atoms with Gasteiger partial charge in [-0.1, -0.05) is 0 Å². The van der Waals surface area contributed by atoms with Gasteiger partial charge >= 0.3 is 0 Å². The van der Waals surface area contributed by atoms with Gasteiger partial charge in [0.25, 0.3) is 5.91 Å². The lowest BCUT2D eigenvalue weighted by atomic mass is 10.1. The van der Waals surface area contributed by atoms with Crippen molar-refractivity contribution in [3.8, 4) is 6.07 Å². The molecule has 26 heavy (non-hydrogen) atoms. The fourth-order valence-electron chi connectivity index (χ4n) is 3.18. The van der Waals surface area contributed by atoms with Crippen LogP contribution in [0.25, 0.3) is 10.9 Å². The minimum Gasteiger partial charge on any atom is -0.383 e. The van der Waals surface area contributed by atoms with Crippen molar-refractivity contribution in [2.75, 3.05) is 20.3 Å². The van der Waals surface area contributed by atoms with E-state index in [9.17, 15) is 9.59 Å². The molecule has 1 saturated heterocycles. The van der Waals surface area contributed by atoms with Gasteiger partial charge in [-0.25, -0.2) is 0 Å². The summed E-state index contributed by atoms with van der Waals surface area (Å²) < 4.78 is 6.82. The molecule has 0 bridgehead atoms. The van der Waals surface area contributed by atoms with Crippen LogP contribution in [0.15, 0.2) is 24.4 Å². The van der Waals surface area contributed by atoms with Crippen LogP contribution in [0, 0.1) is 11.3 Å². The molecule has 3 rings (SSSR count). The SMILES string of the molecule is COCCn1cc2cc(C(=O)NC3CC(C)N(CC#N)C3=O)ccc2n1. The maximum absolute atomic E-state index is 12.5. The number of nitrogens with one attached hydrogen (secondary N) is 1. The first kappa shape index (κ1) is 17.9. The molecule has 1 aromatic carbocycles. The van der Waals surface area contributed by atoms with E-state index in [1.807, 2.05) is 19.2 Å². The van der Waals surface area contributed by atoms with E-state index in [4.69, 9.17) is 10.00 Å². The van der Waals surface area contributed by atoms with E-state index < -0.39 is 6.04 Å². The lowest BCUT2D eigenvalue weighted by Gasteiger charge is -2.17. The summed E-state index contributed by atoms with van der Waals surface area (Å²) in [4.78, 5) is 26.4. The summed E-state index contributed by atoms with van der Waals surface area (Å²) >= 11 is 0. The number of hydrogen-bond acceptors (Lipinski definition) is 5. The Hall–Kier alpha value is -2.92. The van der Waals surface area contributed by atoms with Gasteiger partial charge in [0.15, 0.2) is 0 Å². The van der Waals surface area contributed by atoms with Crippen molar-refractivity contribution < 1.29 is 14.3 Å². The summed E-state index contributed by atoms with van der Waals surface area (Å²) in [6.07, 6.45) is 2.37. The lowest BCUT2D eigenvalue weighted by Crippen LogP contribution is -2.41. The summed E-state index contributed by atoms with van der Waals surface area (Å²) in [5.74, 6) is -0.512. The molecule has 2 atom stereocenters. The van der Waals surface area contributed by atoms with Gasteiger partial charge in [-0.2, -0.15) is 10.4 Å². The number of carbonyl (C=O) groups excluding carboxylic acids is 2. The second kappa shape index (κ2) is 7.54. The van der Waals surface area contributed by atoms with Crippen molar-refractivity contribution in [1.29, 1.82) is 5.26 Å². The van der Waals surface area contributed by atoms with E-state index in [0.717, 1.165) is 10.9 Å². The maximum atomic E-state index is 12.5. The number of rotatable bonds is 6. The number of nitrogens with zero attached hydrogens (tertiary/aromatic N) is 4. The molecule has 2 amide bonds. The third-order valence-electron chi connectivity index (χ3n) is 4.57. The Kier molecular flexibility index (Phi) is 5.19. The van der Waals surface area contributed by atoms with Crippen molar-refractivity contribution in [2.24, 2.45) is 0 Å². The molecule has 2 heterocycles. The smallest absolute Gasteiger partial charge is 0.251 e. The zero-order valence-electron chi connectivity index (χ0n) is 14.8. The Morgan fingerprint density at radius 3 is 3.04 bits per heavy atom. The fraction of sp³-hybridized carbons (Fsp3) is 0.444. The molecule has 1 aliphatic heterocycles. The van der Waals surface area contributed by atoms with Crippen molar-refractivity contribution >= 4 is 22.7 Å². The van der Waals surface area contributed by atoms with Crippen molar-refractivity contribution in [1.82, 2.24) is 20.0 Å². The summed E-state index contributed by atoms with van der Waals surface area (Å²) in [5, 5.41) is 16.9. The molecular formula is C18H21N5O3. The highest BCUT2D eigenvalue weighted by Crippen LogP contribution is 2.20. The quantitative estimate of drug-likeness (QED) is 0.777. The highest BCUT2D eigenvalue weighted by Gasteiger charge is 2.37. The minimum absolute atomic E-state index is 0.0407. The molecule has 0 saturated carbocycles. The molecule has 1 aromatic heterocycles. The third-order valence-corrected chi connectivity index (χ3v) is 4.57. The molecule has 8 heteroatoms. The van der Waals surface area contributed by atoms with Crippen LogP contribution in [0.2, 0.25) is 0 Å². The fourth-order valence-corrected chi connectivity index (χ4v) is 3.18. The summed E-state index contributed by atoms with van der Waals surface area (Å²) in [7, 11) is 1.63. The highest BCUT2D eigenvalue weighted by atomic mass is 16.5. The summed E-state index contributed by atoms with van der Waals surface area (Å²) in [5.41, 5.74) is 1.27. The number of hydrogen-bond donors (Lipinski definition) is 1. The van der Waals surface area contributed by atoms with Gasteiger partial charge in [-0.15, -0.1) is 0 Å². The predicted molar refractivity (Wildman–Crippen MR) is 94.3 cm³/mol. The lowest BCUT2D eigenvalue weighted by molar-refractivity contribution is -0.129. The number of methoxy groups -OCH3 is 1. The minimum atomic E-state index is -0.592. The first-order chi connectivity index (χ1) is 12.5. The standard InChI is InChI=1S/C18H21N5O3/c1-12-9-16(18(25)23(12)6-5-19)20-17(24)13-3-4-15-14(10-13)11-22(21-15)7-8-26-2/h3-4,10-12,16H,6-9H2,1-2H3,(H,20,24). The zero-order chi connectivity index (χ0) is 18.7. The van der Waals surface area contributed by atoms with Gasteiger partial charge in [-0.05, 0) is 31.5 Å². The number of benzene rings is 1. The average Bonchev–Trinajstić information content (AvgIpc) is 3.15. The van der Waals surface area contributed by atoms with Crippen LogP contribution in [0.1, 0.15) is 23.7 Å². The van der Waals surface area contributed by atoms with Crippen LogP contribution in [0.5, 0.6) is 0 Å². The van der Waals surface area contributed by atoms with Crippen LogP contribution in [-0.2, 0) is 16.1 Å². The second-order valence-corrected chi connectivity index (χ2v) is 6.39. The molecule has 1 N–H and O–H groups in total. The van der Waals surface area contributed by atoms with E-state index in [-0.39, 0.29) is 24.4 Å². The molecule has 1 fully saturated rings. The van der Waals surface area contributed by atoms with Crippen LogP contribution in [-0.4, -0.2) is 58.8 Å². The van der Waals surface area contributed by atoms with Gasteiger partial charge < -0.3 is 15.0 Å². The van der Waals surface area contributed by atoms with Crippen molar-refractivity contribution in [3.63, 3.8) is 0 Å². The first-order valence-electron chi connectivity index (χ1n) is 8.48. The van der Waals surface area contributed by atoms with Gasteiger partial charge in [0.1, 0.15) is 12.6 Å². The van der Waals surface area contributed by atoms with E-state index in [1.54, 1.807) is 30.0 Å².